The number of nitrogens with one attached hydrogen (secondary N) is 2. The fourth-order valence-corrected chi connectivity index (χ4v) is 2.14. The molecule has 1 unspecified atom stereocenters. The summed E-state index contributed by atoms with van der Waals surface area (Å²) in [5.41, 5.74) is 0.883. The third-order valence-corrected chi connectivity index (χ3v) is 3.20. The van der Waals surface area contributed by atoms with Gasteiger partial charge in [-0.3, -0.25) is 10.1 Å². The Morgan fingerprint density at radius 2 is 2.25 bits per heavy atom. The van der Waals surface area contributed by atoms with Crippen LogP contribution in [0.1, 0.15) is 30.8 Å². The molecule has 1 heterocycles. The number of aromatic nitrogens is 2. The zero-order valence-electron chi connectivity index (χ0n) is 11.4. The van der Waals surface area contributed by atoms with Crippen LogP contribution in [0.4, 0.5) is 5.69 Å². The van der Waals surface area contributed by atoms with E-state index >= 15 is 0 Å². The van der Waals surface area contributed by atoms with Crippen molar-refractivity contribution in [2.75, 3.05) is 6.54 Å². The van der Waals surface area contributed by atoms with E-state index in [1.165, 1.54) is 6.07 Å². The molecule has 0 saturated heterocycles. The van der Waals surface area contributed by atoms with Gasteiger partial charge in [0.2, 0.25) is 0 Å². The minimum absolute atomic E-state index is 0.0480. The van der Waals surface area contributed by atoms with Gasteiger partial charge in [-0.2, -0.15) is 0 Å². The first-order valence-corrected chi connectivity index (χ1v) is 6.63. The van der Waals surface area contributed by atoms with Crippen LogP contribution in [0.3, 0.4) is 0 Å². The van der Waals surface area contributed by atoms with Crippen LogP contribution in [0.5, 0.6) is 0 Å². The van der Waals surface area contributed by atoms with Crippen molar-refractivity contribution >= 4 is 5.69 Å². The number of nitro benzene ring substituents is 1. The van der Waals surface area contributed by atoms with E-state index in [0.717, 1.165) is 30.8 Å². The second kappa shape index (κ2) is 6.81. The zero-order valence-corrected chi connectivity index (χ0v) is 11.4. The third-order valence-electron chi connectivity index (χ3n) is 3.20. The van der Waals surface area contributed by atoms with E-state index in [0.29, 0.717) is 0 Å². The van der Waals surface area contributed by atoms with Gasteiger partial charge < -0.3 is 10.3 Å². The molecular formula is C14H18N4O2. The molecule has 6 heteroatoms. The number of nitrogens with zero attached hydrogens (tertiary/aromatic N) is 2. The van der Waals surface area contributed by atoms with Crippen LogP contribution in [0.2, 0.25) is 0 Å². The SMILES string of the molecule is CC(NCCCc1ncc[nH]1)c1ccccc1[N+](=O)[O-]. The number of hydrogen-bond donors (Lipinski definition) is 2. The highest BCUT2D eigenvalue weighted by Crippen LogP contribution is 2.24. The van der Waals surface area contributed by atoms with Gasteiger partial charge in [-0.15, -0.1) is 0 Å². The fraction of sp³-hybridized carbons (Fsp3) is 0.357. The molecule has 1 atom stereocenters. The normalized spacial score (nSPS) is 12.2. The maximum absolute atomic E-state index is 11.0. The van der Waals surface area contributed by atoms with Crippen molar-refractivity contribution in [3.05, 3.63) is 58.2 Å². The van der Waals surface area contributed by atoms with Crippen molar-refractivity contribution in [3.8, 4) is 0 Å². The number of para-hydroxylation sites is 1. The summed E-state index contributed by atoms with van der Waals surface area (Å²) in [4.78, 5) is 17.8. The van der Waals surface area contributed by atoms with Crippen LogP contribution in [0.15, 0.2) is 36.7 Å². The summed E-state index contributed by atoms with van der Waals surface area (Å²) in [5, 5.41) is 14.3. The molecule has 2 N–H and O–H groups in total. The minimum atomic E-state index is -0.337. The summed E-state index contributed by atoms with van der Waals surface area (Å²) < 4.78 is 0. The summed E-state index contributed by atoms with van der Waals surface area (Å²) in [6.45, 7) is 2.73. The van der Waals surface area contributed by atoms with Crippen molar-refractivity contribution in [2.45, 2.75) is 25.8 Å². The van der Waals surface area contributed by atoms with Crippen LogP contribution in [-0.2, 0) is 6.42 Å². The van der Waals surface area contributed by atoms with E-state index in [-0.39, 0.29) is 16.7 Å². The van der Waals surface area contributed by atoms with Gasteiger partial charge in [-0.05, 0) is 19.9 Å². The number of hydrogen-bond acceptors (Lipinski definition) is 4. The number of imidazole rings is 1. The molecule has 106 valence electrons. The van der Waals surface area contributed by atoms with E-state index in [2.05, 4.69) is 15.3 Å². The summed E-state index contributed by atoms with van der Waals surface area (Å²) >= 11 is 0. The van der Waals surface area contributed by atoms with Crippen molar-refractivity contribution in [3.63, 3.8) is 0 Å². The number of H-pyrrole nitrogens is 1. The third kappa shape index (κ3) is 3.64. The van der Waals surface area contributed by atoms with Crippen molar-refractivity contribution in [2.24, 2.45) is 0 Å². The van der Waals surface area contributed by atoms with Crippen LogP contribution in [0.25, 0.3) is 0 Å². The lowest BCUT2D eigenvalue weighted by Crippen LogP contribution is -2.21. The summed E-state index contributed by atoms with van der Waals surface area (Å²) in [7, 11) is 0. The zero-order chi connectivity index (χ0) is 14.4. The molecule has 0 aliphatic carbocycles. The molecule has 2 rings (SSSR count). The van der Waals surface area contributed by atoms with Gasteiger partial charge in [-0.1, -0.05) is 18.2 Å². The highest BCUT2D eigenvalue weighted by Gasteiger charge is 2.17. The van der Waals surface area contributed by atoms with E-state index in [9.17, 15) is 10.1 Å². The molecule has 0 aliphatic heterocycles. The maximum Gasteiger partial charge on any atom is 0.274 e. The molecular weight excluding hydrogens is 256 g/mol. The standard InChI is InChI=1S/C14H18N4O2/c1-11(12-5-2-3-6-13(12)18(19)20)15-8-4-7-14-16-9-10-17-14/h2-3,5-6,9-11,15H,4,7-8H2,1H3,(H,16,17). The molecule has 0 spiro atoms. The van der Waals surface area contributed by atoms with Crippen molar-refractivity contribution in [1.29, 1.82) is 0 Å². The Bertz CT molecular complexity index is 554. The number of aromatic amines is 1. The number of rotatable bonds is 7. The largest absolute Gasteiger partial charge is 0.349 e. The van der Waals surface area contributed by atoms with Crippen molar-refractivity contribution in [1.82, 2.24) is 15.3 Å². The molecule has 0 fully saturated rings. The van der Waals surface area contributed by atoms with Crippen molar-refractivity contribution < 1.29 is 4.92 Å². The van der Waals surface area contributed by atoms with Gasteiger partial charge in [0.1, 0.15) is 5.82 Å². The predicted molar refractivity (Wildman–Crippen MR) is 76.4 cm³/mol. The lowest BCUT2D eigenvalue weighted by molar-refractivity contribution is -0.385. The number of nitro groups is 1. The molecule has 2 aromatic rings. The average molecular weight is 274 g/mol. The first-order valence-electron chi connectivity index (χ1n) is 6.63. The van der Waals surface area contributed by atoms with Crippen LogP contribution in [-0.4, -0.2) is 21.4 Å². The molecule has 1 aromatic heterocycles. The van der Waals surface area contributed by atoms with Crippen LogP contribution in [0, 0.1) is 10.1 Å². The molecule has 6 nitrogen and oxygen atoms in total. The summed E-state index contributed by atoms with van der Waals surface area (Å²) in [5.74, 6) is 0.963. The quantitative estimate of drug-likeness (QED) is 0.462. The summed E-state index contributed by atoms with van der Waals surface area (Å²) in [6.07, 6.45) is 5.33. The lowest BCUT2D eigenvalue weighted by Gasteiger charge is -2.14. The summed E-state index contributed by atoms with van der Waals surface area (Å²) in [6, 6.07) is 6.79. The predicted octanol–water partition coefficient (Wildman–Crippen LogP) is 2.60. The second-order valence-corrected chi connectivity index (χ2v) is 4.63. The highest BCUT2D eigenvalue weighted by atomic mass is 16.6. The van der Waals surface area contributed by atoms with E-state index in [1.807, 2.05) is 13.0 Å². The first kappa shape index (κ1) is 14.2. The van der Waals surface area contributed by atoms with Gasteiger partial charge in [0.25, 0.3) is 5.69 Å². The van der Waals surface area contributed by atoms with Gasteiger partial charge in [0, 0.05) is 36.5 Å². The minimum Gasteiger partial charge on any atom is -0.349 e. The maximum atomic E-state index is 11.0. The number of aryl methyl sites for hydroxylation is 1. The molecule has 1 aromatic carbocycles. The average Bonchev–Trinajstić information content (AvgIpc) is 2.96. The Morgan fingerprint density at radius 1 is 1.45 bits per heavy atom. The molecule has 0 bridgehead atoms. The Morgan fingerprint density at radius 3 is 2.95 bits per heavy atom. The monoisotopic (exact) mass is 274 g/mol. The molecule has 0 radical (unpaired) electrons. The first-order chi connectivity index (χ1) is 9.68. The number of benzene rings is 1. The molecule has 0 aliphatic rings. The topological polar surface area (TPSA) is 83.8 Å². The van der Waals surface area contributed by atoms with Gasteiger partial charge in [-0.25, -0.2) is 4.98 Å². The molecule has 20 heavy (non-hydrogen) atoms. The Hall–Kier alpha value is -2.21. The van der Waals surface area contributed by atoms with Gasteiger partial charge >= 0.3 is 0 Å². The second-order valence-electron chi connectivity index (χ2n) is 4.63. The molecule has 0 amide bonds. The van der Waals surface area contributed by atoms with Crippen LogP contribution < -0.4 is 5.32 Å². The molecule has 0 saturated carbocycles. The van der Waals surface area contributed by atoms with Crippen LogP contribution >= 0.6 is 0 Å². The highest BCUT2D eigenvalue weighted by molar-refractivity contribution is 5.41. The Labute approximate surface area is 117 Å². The smallest absolute Gasteiger partial charge is 0.274 e. The Kier molecular flexibility index (Phi) is 4.84. The van der Waals surface area contributed by atoms with E-state index < -0.39 is 0 Å². The van der Waals surface area contributed by atoms with Gasteiger partial charge in [0.05, 0.1) is 4.92 Å². The van der Waals surface area contributed by atoms with E-state index in [1.54, 1.807) is 24.5 Å². The lowest BCUT2D eigenvalue weighted by atomic mass is 10.1. The van der Waals surface area contributed by atoms with Gasteiger partial charge in [0.15, 0.2) is 0 Å². The van der Waals surface area contributed by atoms with E-state index in [4.69, 9.17) is 0 Å². The Balaban J connectivity index is 1.85. The fourth-order valence-electron chi connectivity index (χ4n) is 2.14.